The second kappa shape index (κ2) is 7.31. The van der Waals surface area contributed by atoms with Gasteiger partial charge >= 0.3 is 0 Å². The van der Waals surface area contributed by atoms with Gasteiger partial charge in [0.05, 0.1) is 6.61 Å². The van der Waals surface area contributed by atoms with E-state index in [-0.39, 0.29) is 0 Å². The van der Waals surface area contributed by atoms with Gasteiger partial charge in [-0.15, -0.1) is 0 Å². The van der Waals surface area contributed by atoms with Crippen molar-refractivity contribution in [3.8, 4) is 5.75 Å². The fourth-order valence-corrected chi connectivity index (χ4v) is 3.95. The first-order valence-electron chi connectivity index (χ1n) is 8.85. The molecule has 3 rings (SSSR count). The summed E-state index contributed by atoms with van der Waals surface area (Å²) in [5.41, 5.74) is 3.04. The number of aryl methyl sites for hydroxylation is 2. The molecule has 0 radical (unpaired) electrons. The third-order valence-electron chi connectivity index (χ3n) is 5.14. The Morgan fingerprint density at radius 1 is 1.14 bits per heavy atom. The fraction of sp³-hybridized carbons (Fsp3) is 0.684. The first-order valence-corrected chi connectivity index (χ1v) is 8.85. The van der Waals surface area contributed by atoms with E-state index in [2.05, 4.69) is 30.4 Å². The van der Waals surface area contributed by atoms with Crippen LogP contribution in [-0.2, 0) is 12.8 Å². The number of rotatable bonds is 7. The van der Waals surface area contributed by atoms with Gasteiger partial charge < -0.3 is 10.1 Å². The molecule has 1 fully saturated rings. The fourth-order valence-electron chi connectivity index (χ4n) is 3.95. The maximum atomic E-state index is 6.02. The molecule has 0 heterocycles. The van der Waals surface area contributed by atoms with Crippen molar-refractivity contribution in [1.29, 1.82) is 0 Å². The van der Waals surface area contributed by atoms with E-state index in [0.717, 1.165) is 30.9 Å². The van der Waals surface area contributed by atoms with Crippen molar-refractivity contribution in [3.63, 3.8) is 0 Å². The summed E-state index contributed by atoms with van der Waals surface area (Å²) in [6.07, 6.45) is 10.3. The van der Waals surface area contributed by atoms with E-state index in [1.54, 1.807) is 0 Å². The Morgan fingerprint density at radius 3 is 2.95 bits per heavy atom. The quantitative estimate of drug-likeness (QED) is 0.815. The minimum absolute atomic E-state index is 0.730. The number of ether oxygens (including phenoxy) is 1. The summed E-state index contributed by atoms with van der Waals surface area (Å²) in [5.74, 6) is 1.89. The molecule has 2 atom stereocenters. The molecule has 0 amide bonds. The molecule has 2 aliphatic rings. The minimum Gasteiger partial charge on any atom is -0.494 e. The van der Waals surface area contributed by atoms with Crippen LogP contribution in [0.5, 0.6) is 5.75 Å². The molecule has 2 aliphatic carbocycles. The Hall–Kier alpha value is -1.02. The van der Waals surface area contributed by atoms with Crippen molar-refractivity contribution in [2.24, 2.45) is 5.92 Å². The Balaban J connectivity index is 1.45. The van der Waals surface area contributed by atoms with Crippen LogP contribution < -0.4 is 10.1 Å². The van der Waals surface area contributed by atoms with E-state index in [1.165, 1.54) is 62.5 Å². The Morgan fingerprint density at radius 2 is 2.05 bits per heavy atom. The Labute approximate surface area is 129 Å². The van der Waals surface area contributed by atoms with Crippen molar-refractivity contribution < 1.29 is 4.74 Å². The molecular weight excluding hydrogens is 258 g/mol. The van der Waals surface area contributed by atoms with E-state index in [0.29, 0.717) is 0 Å². The lowest BCUT2D eigenvalue weighted by Crippen LogP contribution is -2.33. The normalized spacial score (nSPS) is 24.2. The van der Waals surface area contributed by atoms with Crippen molar-refractivity contribution in [2.75, 3.05) is 13.2 Å². The predicted molar refractivity (Wildman–Crippen MR) is 88.0 cm³/mol. The molecule has 1 aromatic carbocycles. The van der Waals surface area contributed by atoms with Gasteiger partial charge in [0, 0.05) is 6.04 Å². The summed E-state index contributed by atoms with van der Waals surface area (Å²) >= 11 is 0. The van der Waals surface area contributed by atoms with Crippen molar-refractivity contribution in [2.45, 2.75) is 64.3 Å². The average Bonchev–Trinajstić information content (AvgIpc) is 3.13. The molecule has 0 spiro atoms. The lowest BCUT2D eigenvalue weighted by Gasteiger charge is -2.21. The first-order chi connectivity index (χ1) is 10.4. The smallest absolute Gasteiger partial charge is 0.119 e. The van der Waals surface area contributed by atoms with Crippen LogP contribution in [0.2, 0.25) is 0 Å². The monoisotopic (exact) mass is 287 g/mol. The zero-order valence-corrected chi connectivity index (χ0v) is 13.4. The molecular formula is C19H29NO. The summed E-state index contributed by atoms with van der Waals surface area (Å²) in [4.78, 5) is 0. The number of nitrogens with one attached hydrogen (secondary N) is 1. The summed E-state index contributed by atoms with van der Waals surface area (Å²) in [6, 6.07) is 7.42. The van der Waals surface area contributed by atoms with Crippen molar-refractivity contribution in [1.82, 2.24) is 5.32 Å². The highest BCUT2D eigenvalue weighted by molar-refractivity contribution is 5.38. The molecule has 2 heteroatoms. The Kier molecular flexibility index (Phi) is 5.18. The van der Waals surface area contributed by atoms with Gasteiger partial charge in [-0.1, -0.05) is 19.4 Å². The average molecular weight is 287 g/mol. The van der Waals surface area contributed by atoms with E-state index < -0.39 is 0 Å². The highest BCUT2D eigenvalue weighted by Gasteiger charge is 2.26. The summed E-state index contributed by atoms with van der Waals surface area (Å²) in [5, 5.41) is 3.71. The standard InChI is InChI=1S/C19H29NO/c1-2-12-20-19-8-4-6-16(19)11-13-21-18-10-9-15-5-3-7-17(15)14-18/h9-10,14,16,19-20H,2-8,11-13H2,1H3. The van der Waals surface area contributed by atoms with E-state index in [4.69, 9.17) is 4.74 Å². The van der Waals surface area contributed by atoms with Crippen LogP contribution in [0, 0.1) is 5.92 Å². The maximum absolute atomic E-state index is 6.02. The van der Waals surface area contributed by atoms with Gasteiger partial charge in [0.1, 0.15) is 5.75 Å². The zero-order chi connectivity index (χ0) is 14.5. The molecule has 0 bridgehead atoms. The van der Waals surface area contributed by atoms with Crippen LogP contribution in [0.1, 0.15) is 56.6 Å². The lowest BCUT2D eigenvalue weighted by molar-refractivity contribution is 0.260. The van der Waals surface area contributed by atoms with Gasteiger partial charge in [0.15, 0.2) is 0 Å². The topological polar surface area (TPSA) is 21.3 Å². The van der Waals surface area contributed by atoms with Crippen LogP contribution in [0.4, 0.5) is 0 Å². The van der Waals surface area contributed by atoms with Crippen molar-refractivity contribution >= 4 is 0 Å². The third kappa shape index (κ3) is 3.79. The summed E-state index contributed by atoms with van der Waals surface area (Å²) in [7, 11) is 0. The highest BCUT2D eigenvalue weighted by Crippen LogP contribution is 2.29. The molecule has 0 saturated heterocycles. The first kappa shape index (κ1) is 14.9. The molecule has 0 aromatic heterocycles. The van der Waals surface area contributed by atoms with Gasteiger partial charge in [-0.25, -0.2) is 0 Å². The van der Waals surface area contributed by atoms with Gasteiger partial charge in [0.25, 0.3) is 0 Å². The summed E-state index contributed by atoms with van der Waals surface area (Å²) in [6.45, 7) is 4.27. The molecule has 116 valence electrons. The van der Waals surface area contributed by atoms with Gasteiger partial charge in [0.2, 0.25) is 0 Å². The third-order valence-corrected chi connectivity index (χ3v) is 5.14. The molecule has 1 N–H and O–H groups in total. The maximum Gasteiger partial charge on any atom is 0.119 e. The van der Waals surface area contributed by atoms with E-state index in [1.807, 2.05) is 0 Å². The van der Waals surface area contributed by atoms with Crippen LogP contribution in [-0.4, -0.2) is 19.2 Å². The van der Waals surface area contributed by atoms with E-state index in [9.17, 15) is 0 Å². The summed E-state index contributed by atoms with van der Waals surface area (Å²) < 4.78 is 6.02. The number of hydrogen-bond acceptors (Lipinski definition) is 2. The molecule has 1 saturated carbocycles. The SMILES string of the molecule is CCCNC1CCCC1CCOc1ccc2c(c1)CCC2. The largest absolute Gasteiger partial charge is 0.494 e. The second-order valence-corrected chi connectivity index (χ2v) is 6.67. The van der Waals surface area contributed by atoms with Gasteiger partial charge in [-0.3, -0.25) is 0 Å². The highest BCUT2D eigenvalue weighted by atomic mass is 16.5. The second-order valence-electron chi connectivity index (χ2n) is 6.67. The van der Waals surface area contributed by atoms with Crippen LogP contribution in [0.15, 0.2) is 18.2 Å². The Bertz CT molecular complexity index is 457. The molecule has 2 unspecified atom stereocenters. The van der Waals surface area contributed by atoms with E-state index >= 15 is 0 Å². The predicted octanol–water partition coefficient (Wildman–Crippen LogP) is 4.11. The van der Waals surface area contributed by atoms with Gasteiger partial charge in [-0.05, 0) is 80.7 Å². The minimum atomic E-state index is 0.730. The molecule has 1 aromatic rings. The van der Waals surface area contributed by atoms with Crippen LogP contribution in [0.3, 0.4) is 0 Å². The van der Waals surface area contributed by atoms with Crippen LogP contribution >= 0.6 is 0 Å². The molecule has 21 heavy (non-hydrogen) atoms. The lowest BCUT2D eigenvalue weighted by atomic mass is 10.00. The number of hydrogen-bond donors (Lipinski definition) is 1. The molecule has 0 aliphatic heterocycles. The van der Waals surface area contributed by atoms with Crippen LogP contribution in [0.25, 0.3) is 0 Å². The van der Waals surface area contributed by atoms with Gasteiger partial charge in [-0.2, -0.15) is 0 Å². The number of fused-ring (bicyclic) bond motifs is 1. The molecule has 2 nitrogen and oxygen atoms in total. The van der Waals surface area contributed by atoms with Crippen molar-refractivity contribution in [3.05, 3.63) is 29.3 Å². The number of benzene rings is 1. The zero-order valence-electron chi connectivity index (χ0n) is 13.4.